The van der Waals surface area contributed by atoms with Crippen molar-refractivity contribution >= 4 is 0 Å². The summed E-state index contributed by atoms with van der Waals surface area (Å²) in [6.45, 7) is 2.08. The first kappa shape index (κ1) is 21.2. The van der Waals surface area contributed by atoms with Crippen LogP contribution in [-0.4, -0.2) is 10.2 Å². The summed E-state index contributed by atoms with van der Waals surface area (Å²) < 4.78 is 0. The van der Waals surface area contributed by atoms with Crippen molar-refractivity contribution in [3.05, 3.63) is 154 Å². The van der Waals surface area contributed by atoms with Crippen LogP contribution < -0.4 is 0 Å². The highest BCUT2D eigenvalue weighted by Gasteiger charge is 2.46. The van der Waals surface area contributed by atoms with Gasteiger partial charge in [0.05, 0.1) is 5.41 Å². The van der Waals surface area contributed by atoms with Crippen LogP contribution in [0.2, 0.25) is 0 Å². The Morgan fingerprint density at radius 2 is 1.17 bits per heavy atom. The SMILES string of the molecule is Cc1ccc(Cc2cc(C3(c4ccc(O)cc4)c4ccccc4-c4ccccc43)ccc2O)cc1. The van der Waals surface area contributed by atoms with Gasteiger partial charge in [-0.3, -0.25) is 0 Å². The number of aromatic hydroxyl groups is 2. The Balaban J connectivity index is 1.63. The van der Waals surface area contributed by atoms with Crippen molar-refractivity contribution in [2.45, 2.75) is 18.8 Å². The van der Waals surface area contributed by atoms with E-state index in [0.717, 1.165) is 22.3 Å². The highest BCUT2D eigenvalue weighted by atomic mass is 16.3. The van der Waals surface area contributed by atoms with E-state index in [1.807, 2.05) is 24.3 Å². The van der Waals surface area contributed by atoms with Gasteiger partial charge in [-0.1, -0.05) is 103 Å². The molecule has 0 spiro atoms. The van der Waals surface area contributed by atoms with E-state index in [0.29, 0.717) is 12.2 Å². The summed E-state index contributed by atoms with van der Waals surface area (Å²) in [7, 11) is 0. The zero-order valence-electron chi connectivity index (χ0n) is 19.6. The molecule has 0 saturated carbocycles. The van der Waals surface area contributed by atoms with Crippen LogP contribution in [0.3, 0.4) is 0 Å². The van der Waals surface area contributed by atoms with Gasteiger partial charge in [0.25, 0.3) is 0 Å². The summed E-state index contributed by atoms with van der Waals surface area (Å²) >= 11 is 0. The highest BCUT2D eigenvalue weighted by Crippen LogP contribution is 2.56. The first-order chi connectivity index (χ1) is 17.1. The molecule has 0 aromatic heterocycles. The largest absolute Gasteiger partial charge is 0.508 e. The van der Waals surface area contributed by atoms with Crippen molar-refractivity contribution in [3.8, 4) is 22.6 Å². The fourth-order valence-corrected chi connectivity index (χ4v) is 5.62. The standard InChI is InChI=1S/C33H26O2/c1-22-10-12-23(13-11-22)20-24-21-26(16-19-32(24)35)33(25-14-17-27(34)18-15-25)30-8-4-2-6-28(30)29-7-3-5-9-31(29)33/h2-19,21,34-35H,20H2,1H3. The molecule has 0 bridgehead atoms. The Hall–Kier alpha value is -4.30. The van der Waals surface area contributed by atoms with E-state index in [9.17, 15) is 10.2 Å². The van der Waals surface area contributed by atoms with Crippen molar-refractivity contribution in [2.24, 2.45) is 0 Å². The molecule has 0 saturated heterocycles. The van der Waals surface area contributed by atoms with Crippen molar-refractivity contribution in [1.29, 1.82) is 0 Å². The van der Waals surface area contributed by atoms with Gasteiger partial charge in [-0.2, -0.15) is 0 Å². The summed E-state index contributed by atoms with van der Waals surface area (Å²) in [6, 6.07) is 39.2. The van der Waals surface area contributed by atoms with Gasteiger partial charge in [-0.05, 0) is 69.6 Å². The smallest absolute Gasteiger partial charge is 0.119 e. The molecule has 35 heavy (non-hydrogen) atoms. The molecule has 6 rings (SSSR count). The summed E-state index contributed by atoms with van der Waals surface area (Å²) in [6.07, 6.45) is 0.648. The quantitative estimate of drug-likeness (QED) is 0.292. The first-order valence-corrected chi connectivity index (χ1v) is 11.9. The van der Waals surface area contributed by atoms with E-state index < -0.39 is 5.41 Å². The van der Waals surface area contributed by atoms with Gasteiger partial charge in [-0.25, -0.2) is 0 Å². The summed E-state index contributed by atoms with van der Waals surface area (Å²) in [5, 5.41) is 20.9. The predicted octanol–water partition coefficient (Wildman–Crippen LogP) is 7.36. The van der Waals surface area contributed by atoms with Gasteiger partial charge in [-0.15, -0.1) is 0 Å². The molecule has 0 fully saturated rings. The Morgan fingerprint density at radius 1 is 0.600 bits per heavy atom. The lowest BCUT2D eigenvalue weighted by Gasteiger charge is -2.34. The van der Waals surface area contributed by atoms with E-state index in [1.54, 1.807) is 12.1 Å². The third kappa shape index (κ3) is 3.33. The number of fused-ring (bicyclic) bond motifs is 3. The monoisotopic (exact) mass is 454 g/mol. The minimum absolute atomic E-state index is 0.245. The Bertz CT molecular complexity index is 1480. The van der Waals surface area contributed by atoms with Gasteiger partial charge in [0.2, 0.25) is 0 Å². The molecule has 1 aliphatic carbocycles. The number of aryl methyl sites for hydroxylation is 1. The average molecular weight is 455 g/mol. The van der Waals surface area contributed by atoms with E-state index in [2.05, 4.69) is 85.8 Å². The molecular weight excluding hydrogens is 428 g/mol. The Labute approximate surface area is 205 Å². The minimum atomic E-state index is -0.559. The van der Waals surface area contributed by atoms with E-state index >= 15 is 0 Å². The topological polar surface area (TPSA) is 40.5 Å². The molecular formula is C33H26O2. The van der Waals surface area contributed by atoms with Gasteiger partial charge in [0.15, 0.2) is 0 Å². The van der Waals surface area contributed by atoms with E-state index in [1.165, 1.54) is 27.8 Å². The van der Waals surface area contributed by atoms with Gasteiger partial charge in [0, 0.05) is 6.42 Å². The molecule has 5 aromatic carbocycles. The van der Waals surface area contributed by atoms with Crippen molar-refractivity contribution < 1.29 is 10.2 Å². The molecule has 1 aliphatic rings. The van der Waals surface area contributed by atoms with Crippen molar-refractivity contribution in [1.82, 2.24) is 0 Å². The lowest BCUT2D eigenvalue weighted by Crippen LogP contribution is -2.28. The number of benzene rings is 5. The molecule has 2 N–H and O–H groups in total. The number of rotatable bonds is 4. The summed E-state index contributed by atoms with van der Waals surface area (Å²) in [5.74, 6) is 0.545. The predicted molar refractivity (Wildman–Crippen MR) is 141 cm³/mol. The average Bonchev–Trinajstić information content (AvgIpc) is 3.19. The molecule has 0 atom stereocenters. The molecule has 0 aliphatic heterocycles. The van der Waals surface area contributed by atoms with Crippen LogP contribution in [-0.2, 0) is 11.8 Å². The molecule has 0 radical (unpaired) electrons. The lowest BCUT2D eigenvalue weighted by molar-refractivity contribution is 0.469. The molecule has 0 heterocycles. The third-order valence-electron chi connectivity index (χ3n) is 7.28. The van der Waals surface area contributed by atoms with Crippen LogP contribution >= 0.6 is 0 Å². The maximum atomic E-state index is 10.8. The zero-order valence-corrected chi connectivity index (χ0v) is 19.6. The zero-order chi connectivity index (χ0) is 24.0. The number of phenolic OH excluding ortho intramolecular Hbond substituents is 2. The van der Waals surface area contributed by atoms with Gasteiger partial charge < -0.3 is 10.2 Å². The summed E-state index contributed by atoms with van der Waals surface area (Å²) in [5.41, 5.74) is 9.74. The van der Waals surface area contributed by atoms with E-state index in [4.69, 9.17) is 0 Å². The van der Waals surface area contributed by atoms with Gasteiger partial charge >= 0.3 is 0 Å². The van der Waals surface area contributed by atoms with Crippen molar-refractivity contribution in [2.75, 3.05) is 0 Å². The molecule has 0 unspecified atom stereocenters. The van der Waals surface area contributed by atoms with E-state index in [-0.39, 0.29) is 5.75 Å². The normalized spacial score (nSPS) is 13.3. The molecule has 0 amide bonds. The number of hydrogen-bond donors (Lipinski definition) is 2. The fourth-order valence-electron chi connectivity index (χ4n) is 5.62. The number of phenols is 2. The summed E-state index contributed by atoms with van der Waals surface area (Å²) in [4.78, 5) is 0. The molecule has 5 aromatic rings. The first-order valence-electron chi connectivity index (χ1n) is 11.9. The van der Waals surface area contributed by atoms with Crippen LogP contribution in [0.4, 0.5) is 0 Å². The van der Waals surface area contributed by atoms with Crippen LogP contribution in [0, 0.1) is 6.92 Å². The second kappa shape index (κ2) is 8.18. The molecule has 2 heteroatoms. The molecule has 170 valence electrons. The lowest BCUT2D eigenvalue weighted by atomic mass is 9.67. The number of hydrogen-bond acceptors (Lipinski definition) is 2. The van der Waals surface area contributed by atoms with Crippen molar-refractivity contribution in [3.63, 3.8) is 0 Å². The molecule has 2 nitrogen and oxygen atoms in total. The maximum absolute atomic E-state index is 10.8. The van der Waals surface area contributed by atoms with Crippen LogP contribution in [0.25, 0.3) is 11.1 Å². The van der Waals surface area contributed by atoms with Crippen LogP contribution in [0.5, 0.6) is 11.5 Å². The fraction of sp³-hybridized carbons (Fsp3) is 0.0909. The third-order valence-corrected chi connectivity index (χ3v) is 7.28. The van der Waals surface area contributed by atoms with Crippen LogP contribution in [0.1, 0.15) is 38.9 Å². The highest BCUT2D eigenvalue weighted by molar-refractivity contribution is 5.86. The van der Waals surface area contributed by atoms with Crippen LogP contribution in [0.15, 0.2) is 115 Å². The minimum Gasteiger partial charge on any atom is -0.508 e. The maximum Gasteiger partial charge on any atom is 0.119 e. The Kier molecular flexibility index (Phi) is 4.96. The Morgan fingerprint density at radius 3 is 1.80 bits per heavy atom. The second-order valence-corrected chi connectivity index (χ2v) is 9.39. The van der Waals surface area contributed by atoms with Gasteiger partial charge in [0.1, 0.15) is 11.5 Å². The second-order valence-electron chi connectivity index (χ2n) is 9.39.